The van der Waals surface area contributed by atoms with E-state index in [1.54, 1.807) is 7.11 Å². The van der Waals surface area contributed by atoms with Crippen LogP contribution in [0.4, 0.5) is 0 Å². The normalized spacial score (nSPS) is 15.8. The monoisotopic (exact) mass is 297 g/mol. The van der Waals surface area contributed by atoms with Crippen molar-refractivity contribution in [3.05, 3.63) is 28.2 Å². The van der Waals surface area contributed by atoms with Crippen molar-refractivity contribution < 1.29 is 4.74 Å². The third-order valence-electron chi connectivity index (χ3n) is 2.58. The van der Waals surface area contributed by atoms with Crippen molar-refractivity contribution >= 4 is 21.9 Å². The van der Waals surface area contributed by atoms with Crippen LogP contribution in [0.5, 0.6) is 5.75 Å². The molecule has 1 fully saturated rings. The van der Waals surface area contributed by atoms with Gasteiger partial charge in [0.05, 0.1) is 18.1 Å². The molecule has 4 nitrogen and oxygen atoms in total. The van der Waals surface area contributed by atoms with Crippen molar-refractivity contribution in [2.24, 2.45) is 10.7 Å². The first-order valence-corrected chi connectivity index (χ1v) is 6.37. The first-order chi connectivity index (χ1) is 8.19. The summed E-state index contributed by atoms with van der Waals surface area (Å²) in [5, 5.41) is 3.15. The van der Waals surface area contributed by atoms with E-state index >= 15 is 0 Å². The maximum Gasteiger partial charge on any atom is 0.189 e. The number of hydrogen-bond acceptors (Lipinski definition) is 2. The Bertz CT molecular complexity index is 430. The predicted octanol–water partition coefficient (Wildman–Crippen LogP) is 2.02. The van der Waals surface area contributed by atoms with Gasteiger partial charge in [-0.1, -0.05) is 6.07 Å². The molecule has 1 aliphatic rings. The van der Waals surface area contributed by atoms with Gasteiger partial charge in [0.1, 0.15) is 5.75 Å². The van der Waals surface area contributed by atoms with Gasteiger partial charge in [0.2, 0.25) is 0 Å². The molecule has 0 spiro atoms. The molecule has 0 amide bonds. The molecule has 0 unspecified atom stereocenters. The third-order valence-corrected chi connectivity index (χ3v) is 3.20. The smallest absolute Gasteiger partial charge is 0.189 e. The van der Waals surface area contributed by atoms with E-state index in [0.717, 1.165) is 15.8 Å². The number of nitrogens with one attached hydrogen (secondary N) is 1. The summed E-state index contributed by atoms with van der Waals surface area (Å²) in [5.74, 6) is 1.35. The first kappa shape index (κ1) is 12.2. The lowest BCUT2D eigenvalue weighted by atomic mass is 10.2. The van der Waals surface area contributed by atoms with Gasteiger partial charge in [-0.2, -0.15) is 0 Å². The summed E-state index contributed by atoms with van der Waals surface area (Å²) in [4.78, 5) is 4.29. The quantitative estimate of drug-likeness (QED) is 0.660. The SMILES string of the molecule is COc1ccc(CN=C(N)NC2CC2)cc1Br. The van der Waals surface area contributed by atoms with Gasteiger partial charge in [0.15, 0.2) is 5.96 Å². The summed E-state index contributed by atoms with van der Waals surface area (Å²) in [6.45, 7) is 0.578. The summed E-state index contributed by atoms with van der Waals surface area (Å²) < 4.78 is 6.10. The molecule has 0 atom stereocenters. The Balaban J connectivity index is 1.95. The number of methoxy groups -OCH3 is 1. The molecule has 0 heterocycles. The number of ether oxygens (including phenoxy) is 1. The highest BCUT2D eigenvalue weighted by Gasteiger charge is 2.21. The molecule has 0 aliphatic heterocycles. The number of rotatable bonds is 4. The lowest BCUT2D eigenvalue weighted by molar-refractivity contribution is 0.412. The molecule has 3 N–H and O–H groups in total. The molecule has 0 aromatic heterocycles. The summed E-state index contributed by atoms with van der Waals surface area (Å²) in [6.07, 6.45) is 2.40. The van der Waals surface area contributed by atoms with Crippen LogP contribution in [0.1, 0.15) is 18.4 Å². The summed E-state index contributed by atoms with van der Waals surface area (Å²) in [7, 11) is 1.65. The lowest BCUT2D eigenvalue weighted by Gasteiger charge is -2.06. The summed E-state index contributed by atoms with van der Waals surface area (Å²) in [5.41, 5.74) is 6.85. The van der Waals surface area contributed by atoms with Gasteiger partial charge in [-0.15, -0.1) is 0 Å². The van der Waals surface area contributed by atoms with E-state index in [9.17, 15) is 0 Å². The zero-order valence-corrected chi connectivity index (χ0v) is 11.3. The molecule has 1 aliphatic carbocycles. The van der Waals surface area contributed by atoms with E-state index in [4.69, 9.17) is 10.5 Å². The summed E-state index contributed by atoms with van der Waals surface area (Å²) >= 11 is 3.44. The minimum atomic E-state index is 0.527. The largest absolute Gasteiger partial charge is 0.496 e. The van der Waals surface area contributed by atoms with Crippen molar-refractivity contribution in [1.29, 1.82) is 0 Å². The van der Waals surface area contributed by atoms with Crippen LogP contribution in [0.25, 0.3) is 0 Å². The standard InChI is InChI=1S/C12H16BrN3O/c1-17-11-5-2-8(6-10(11)13)7-15-12(14)16-9-3-4-9/h2,5-6,9H,3-4,7H2,1H3,(H3,14,15,16). The third kappa shape index (κ3) is 3.63. The van der Waals surface area contributed by atoms with E-state index in [-0.39, 0.29) is 0 Å². The number of aliphatic imine (C=N–C) groups is 1. The Kier molecular flexibility index (Phi) is 3.89. The second kappa shape index (κ2) is 5.40. The van der Waals surface area contributed by atoms with Crippen LogP contribution >= 0.6 is 15.9 Å². The summed E-state index contributed by atoms with van der Waals surface area (Å²) in [6, 6.07) is 6.44. The first-order valence-electron chi connectivity index (χ1n) is 5.58. The number of nitrogens with two attached hydrogens (primary N) is 1. The molecule has 2 rings (SSSR count). The van der Waals surface area contributed by atoms with Crippen molar-refractivity contribution in [1.82, 2.24) is 5.32 Å². The maximum atomic E-state index is 5.76. The second-order valence-corrected chi connectivity index (χ2v) is 4.94. The van der Waals surface area contributed by atoms with Gasteiger partial charge in [0.25, 0.3) is 0 Å². The highest BCUT2D eigenvalue weighted by Crippen LogP contribution is 2.25. The molecular weight excluding hydrogens is 282 g/mol. The van der Waals surface area contributed by atoms with Gasteiger partial charge in [-0.25, -0.2) is 4.99 Å². The predicted molar refractivity (Wildman–Crippen MR) is 72.2 cm³/mol. The molecule has 0 bridgehead atoms. The highest BCUT2D eigenvalue weighted by atomic mass is 79.9. The molecule has 1 saturated carbocycles. The molecule has 1 aromatic rings. The fourth-order valence-electron chi connectivity index (χ4n) is 1.47. The fourth-order valence-corrected chi connectivity index (χ4v) is 2.06. The van der Waals surface area contributed by atoms with Crippen molar-refractivity contribution in [3.8, 4) is 5.75 Å². The second-order valence-electron chi connectivity index (χ2n) is 4.09. The van der Waals surface area contributed by atoms with Crippen LogP contribution in [-0.2, 0) is 6.54 Å². The zero-order chi connectivity index (χ0) is 12.3. The molecule has 5 heteroatoms. The van der Waals surface area contributed by atoms with Gasteiger partial charge < -0.3 is 15.8 Å². The minimum absolute atomic E-state index is 0.527. The molecule has 0 radical (unpaired) electrons. The average Bonchev–Trinajstić information content (AvgIpc) is 3.10. The van der Waals surface area contributed by atoms with Crippen LogP contribution in [-0.4, -0.2) is 19.1 Å². The number of halogens is 1. The van der Waals surface area contributed by atoms with Crippen molar-refractivity contribution in [3.63, 3.8) is 0 Å². The maximum absolute atomic E-state index is 5.76. The van der Waals surface area contributed by atoms with Crippen LogP contribution in [0.15, 0.2) is 27.7 Å². The fraction of sp³-hybridized carbons (Fsp3) is 0.417. The molecule has 17 heavy (non-hydrogen) atoms. The molecule has 92 valence electrons. The Morgan fingerprint density at radius 2 is 2.35 bits per heavy atom. The Morgan fingerprint density at radius 1 is 1.59 bits per heavy atom. The van der Waals surface area contributed by atoms with E-state index in [1.807, 2.05) is 18.2 Å². The van der Waals surface area contributed by atoms with E-state index < -0.39 is 0 Å². The Labute approximate surface area is 109 Å². The average molecular weight is 298 g/mol. The van der Waals surface area contributed by atoms with Gasteiger partial charge in [0, 0.05) is 6.04 Å². The van der Waals surface area contributed by atoms with Crippen LogP contribution in [0.3, 0.4) is 0 Å². The van der Waals surface area contributed by atoms with Gasteiger partial charge >= 0.3 is 0 Å². The van der Waals surface area contributed by atoms with E-state index in [2.05, 4.69) is 26.2 Å². The van der Waals surface area contributed by atoms with Crippen LogP contribution < -0.4 is 15.8 Å². The van der Waals surface area contributed by atoms with E-state index in [0.29, 0.717) is 18.5 Å². The Morgan fingerprint density at radius 3 is 2.94 bits per heavy atom. The molecule has 0 saturated heterocycles. The van der Waals surface area contributed by atoms with Crippen molar-refractivity contribution in [2.45, 2.75) is 25.4 Å². The highest BCUT2D eigenvalue weighted by molar-refractivity contribution is 9.10. The van der Waals surface area contributed by atoms with Crippen LogP contribution in [0, 0.1) is 0 Å². The topological polar surface area (TPSA) is 59.6 Å². The van der Waals surface area contributed by atoms with Gasteiger partial charge in [-0.05, 0) is 46.5 Å². The number of guanidine groups is 1. The number of hydrogen-bond donors (Lipinski definition) is 2. The van der Waals surface area contributed by atoms with E-state index in [1.165, 1.54) is 12.8 Å². The molecular formula is C12H16BrN3O. The molecule has 1 aromatic carbocycles. The zero-order valence-electron chi connectivity index (χ0n) is 9.74. The number of nitrogens with zero attached hydrogens (tertiary/aromatic N) is 1. The number of benzene rings is 1. The van der Waals surface area contributed by atoms with Gasteiger partial charge in [-0.3, -0.25) is 0 Å². The van der Waals surface area contributed by atoms with Crippen LogP contribution in [0.2, 0.25) is 0 Å². The van der Waals surface area contributed by atoms with Crippen molar-refractivity contribution in [2.75, 3.05) is 7.11 Å². The lowest BCUT2D eigenvalue weighted by Crippen LogP contribution is -2.33. The minimum Gasteiger partial charge on any atom is -0.496 e. The Hall–Kier alpha value is -1.23.